The summed E-state index contributed by atoms with van der Waals surface area (Å²) < 4.78 is 27.0. The van der Waals surface area contributed by atoms with Crippen molar-refractivity contribution < 1.29 is 18.8 Å². The number of aromatic nitrogens is 1. The summed E-state index contributed by atoms with van der Waals surface area (Å²) in [6.45, 7) is 8.30. The van der Waals surface area contributed by atoms with Crippen LogP contribution in [0.4, 0.5) is 8.78 Å². The molecule has 0 spiro atoms. The van der Waals surface area contributed by atoms with E-state index in [4.69, 9.17) is 5.21 Å². The summed E-state index contributed by atoms with van der Waals surface area (Å²) >= 11 is 0. The van der Waals surface area contributed by atoms with Crippen molar-refractivity contribution in [2.75, 3.05) is 6.54 Å². The zero-order valence-corrected chi connectivity index (χ0v) is 18.7. The molecule has 0 bridgehead atoms. The minimum Gasteiger partial charge on any atom is -0.308 e. The second-order valence-electron chi connectivity index (χ2n) is 8.49. The summed E-state index contributed by atoms with van der Waals surface area (Å²) in [5.74, 6) is -1.12. The quantitative estimate of drug-likeness (QED) is 0.270. The third kappa shape index (κ3) is 7.36. The van der Waals surface area contributed by atoms with E-state index in [0.717, 1.165) is 30.6 Å². The number of unbranched alkanes of at least 4 members (excludes halogenated alkanes) is 1. The molecule has 7 heteroatoms. The van der Waals surface area contributed by atoms with E-state index in [9.17, 15) is 13.6 Å². The van der Waals surface area contributed by atoms with E-state index in [1.165, 1.54) is 12.3 Å². The van der Waals surface area contributed by atoms with Crippen molar-refractivity contribution in [3.05, 3.63) is 64.5 Å². The van der Waals surface area contributed by atoms with E-state index in [-0.39, 0.29) is 23.6 Å². The Kier molecular flexibility index (Phi) is 9.52. The van der Waals surface area contributed by atoms with Gasteiger partial charge < -0.3 is 5.32 Å². The number of nitrogens with zero attached hydrogens (tertiary/aromatic N) is 1. The third-order valence-electron chi connectivity index (χ3n) is 5.54. The zero-order chi connectivity index (χ0) is 23.0. The number of pyridine rings is 1. The number of halogens is 2. The molecular formula is C24H33F2N3O2. The highest BCUT2D eigenvalue weighted by atomic mass is 19.1. The lowest BCUT2D eigenvalue weighted by atomic mass is 9.91. The average molecular weight is 434 g/mol. The van der Waals surface area contributed by atoms with E-state index >= 15 is 0 Å². The number of hydrogen-bond acceptors (Lipinski definition) is 4. The first-order valence-corrected chi connectivity index (χ1v) is 10.8. The third-order valence-corrected chi connectivity index (χ3v) is 5.54. The zero-order valence-electron chi connectivity index (χ0n) is 18.7. The molecule has 2 aromatic rings. The maximum atomic E-state index is 13.9. The first-order valence-electron chi connectivity index (χ1n) is 10.8. The smallest absolute Gasteiger partial charge is 0.246 e. The van der Waals surface area contributed by atoms with Gasteiger partial charge in [0.2, 0.25) is 5.91 Å². The Morgan fingerprint density at radius 2 is 1.81 bits per heavy atom. The number of rotatable bonds is 11. The van der Waals surface area contributed by atoms with Crippen molar-refractivity contribution >= 4 is 5.91 Å². The van der Waals surface area contributed by atoms with Gasteiger partial charge in [0.25, 0.3) is 0 Å². The first-order chi connectivity index (χ1) is 14.7. The number of carbonyl (C=O) groups is 1. The fourth-order valence-electron chi connectivity index (χ4n) is 3.88. The average Bonchev–Trinajstić information content (AvgIpc) is 2.73. The maximum Gasteiger partial charge on any atom is 0.246 e. The van der Waals surface area contributed by atoms with Crippen LogP contribution in [0, 0.1) is 37.3 Å². The molecule has 0 aliphatic heterocycles. The van der Waals surface area contributed by atoms with E-state index in [1.54, 1.807) is 37.5 Å². The van der Waals surface area contributed by atoms with Gasteiger partial charge in [0.05, 0.1) is 17.9 Å². The van der Waals surface area contributed by atoms with Crippen molar-refractivity contribution in [3.8, 4) is 0 Å². The fraction of sp³-hybridized carbons (Fsp3) is 0.500. The molecule has 1 amide bonds. The van der Waals surface area contributed by atoms with Crippen LogP contribution in [0.2, 0.25) is 0 Å². The van der Waals surface area contributed by atoms with Crippen molar-refractivity contribution in [2.24, 2.45) is 11.8 Å². The molecule has 0 aliphatic carbocycles. The number of carbonyl (C=O) groups excluding carboxylic acids is 1. The van der Waals surface area contributed by atoms with Gasteiger partial charge >= 0.3 is 0 Å². The first kappa shape index (κ1) is 24.9. The largest absolute Gasteiger partial charge is 0.308 e. The summed E-state index contributed by atoms with van der Waals surface area (Å²) in [5, 5.41) is 12.6. The second kappa shape index (κ2) is 11.9. The molecule has 0 fully saturated rings. The number of amides is 1. The standard InChI is InChI=1S/C24H33F2N3O2/c1-15(2)23(21-9-8-20(25)14-28-21)27-10-6-5-7-19(24(30)29-31)13-18-11-16(3)22(26)17(4)12-18/h8-9,11-12,14-15,19,23,27,31H,5-7,10,13H2,1-4H3,(H,29,30)/t19-,23?/m0/s1. The SMILES string of the molecule is Cc1cc(C[C@H](CCCCNC(c2ccc(F)cn2)C(C)C)C(=O)NO)cc(C)c1F. The number of hydrogen-bond donors (Lipinski definition) is 3. The molecule has 1 unspecified atom stereocenters. The van der Waals surface area contributed by atoms with Gasteiger partial charge in [-0.2, -0.15) is 0 Å². The van der Waals surface area contributed by atoms with E-state index in [0.29, 0.717) is 24.0 Å². The normalized spacial score (nSPS) is 13.3. The van der Waals surface area contributed by atoms with Crippen molar-refractivity contribution in [2.45, 2.75) is 59.4 Å². The van der Waals surface area contributed by atoms with Gasteiger partial charge in [-0.05, 0) is 74.4 Å². The number of benzene rings is 1. The minimum atomic E-state index is -0.428. The second-order valence-corrected chi connectivity index (χ2v) is 8.49. The van der Waals surface area contributed by atoms with Crippen LogP contribution in [0.3, 0.4) is 0 Å². The van der Waals surface area contributed by atoms with E-state index in [2.05, 4.69) is 24.1 Å². The number of nitrogens with one attached hydrogen (secondary N) is 2. The molecule has 3 N–H and O–H groups in total. The summed E-state index contributed by atoms with van der Waals surface area (Å²) in [6, 6.07) is 6.63. The van der Waals surface area contributed by atoms with Gasteiger partial charge in [0.1, 0.15) is 11.6 Å². The summed E-state index contributed by atoms with van der Waals surface area (Å²) in [4.78, 5) is 16.3. The van der Waals surface area contributed by atoms with Crippen LogP contribution in [-0.2, 0) is 11.2 Å². The molecule has 0 saturated carbocycles. The van der Waals surface area contributed by atoms with Crippen molar-refractivity contribution in [1.29, 1.82) is 0 Å². The van der Waals surface area contributed by atoms with Crippen molar-refractivity contribution in [3.63, 3.8) is 0 Å². The molecule has 0 aliphatic rings. The topological polar surface area (TPSA) is 74.2 Å². The Hall–Kier alpha value is -2.38. The van der Waals surface area contributed by atoms with Crippen LogP contribution in [0.25, 0.3) is 0 Å². The van der Waals surface area contributed by atoms with Crippen LogP contribution >= 0.6 is 0 Å². The van der Waals surface area contributed by atoms with E-state index in [1.807, 2.05) is 0 Å². The molecule has 31 heavy (non-hydrogen) atoms. The molecule has 170 valence electrons. The van der Waals surface area contributed by atoms with Gasteiger partial charge in [-0.15, -0.1) is 0 Å². The minimum absolute atomic E-state index is 0.0160. The van der Waals surface area contributed by atoms with Crippen LogP contribution in [0.1, 0.15) is 61.5 Å². The summed E-state index contributed by atoms with van der Waals surface area (Å²) in [5.41, 5.74) is 4.54. The Balaban J connectivity index is 1.89. The molecular weight excluding hydrogens is 400 g/mol. The molecule has 1 aromatic heterocycles. The molecule has 1 heterocycles. The Bertz CT molecular complexity index is 833. The molecule has 2 rings (SSSR count). The summed E-state index contributed by atoms with van der Waals surface area (Å²) in [7, 11) is 0. The number of aryl methyl sites for hydroxylation is 2. The van der Waals surface area contributed by atoms with Gasteiger partial charge in [0, 0.05) is 5.92 Å². The van der Waals surface area contributed by atoms with Crippen LogP contribution in [0.5, 0.6) is 0 Å². The highest BCUT2D eigenvalue weighted by Gasteiger charge is 2.20. The predicted octanol–water partition coefficient (Wildman–Crippen LogP) is 4.80. The highest BCUT2D eigenvalue weighted by Crippen LogP contribution is 2.22. The molecule has 0 saturated heterocycles. The Morgan fingerprint density at radius 1 is 1.13 bits per heavy atom. The predicted molar refractivity (Wildman–Crippen MR) is 117 cm³/mol. The van der Waals surface area contributed by atoms with Crippen molar-refractivity contribution in [1.82, 2.24) is 15.8 Å². The van der Waals surface area contributed by atoms with Gasteiger partial charge in [-0.25, -0.2) is 14.3 Å². The maximum absolute atomic E-state index is 13.9. The molecule has 0 radical (unpaired) electrons. The lowest BCUT2D eigenvalue weighted by Crippen LogP contribution is -2.30. The van der Waals surface area contributed by atoms with Crippen LogP contribution in [-0.4, -0.2) is 22.6 Å². The molecule has 5 nitrogen and oxygen atoms in total. The van der Waals surface area contributed by atoms with Gasteiger partial charge in [0.15, 0.2) is 0 Å². The lowest BCUT2D eigenvalue weighted by Gasteiger charge is -2.22. The van der Waals surface area contributed by atoms with Crippen LogP contribution < -0.4 is 10.8 Å². The van der Waals surface area contributed by atoms with Gasteiger partial charge in [-0.1, -0.05) is 32.4 Å². The highest BCUT2D eigenvalue weighted by molar-refractivity contribution is 5.77. The number of hydroxylamine groups is 1. The van der Waals surface area contributed by atoms with Crippen LogP contribution in [0.15, 0.2) is 30.5 Å². The molecule has 2 atom stereocenters. The fourth-order valence-corrected chi connectivity index (χ4v) is 3.88. The summed E-state index contributed by atoms with van der Waals surface area (Å²) in [6.07, 6.45) is 3.89. The Labute approximate surface area is 183 Å². The lowest BCUT2D eigenvalue weighted by molar-refractivity contribution is -0.133. The van der Waals surface area contributed by atoms with E-state index < -0.39 is 11.8 Å². The monoisotopic (exact) mass is 433 g/mol. The van der Waals surface area contributed by atoms with Gasteiger partial charge in [-0.3, -0.25) is 15.0 Å². The molecule has 1 aromatic carbocycles. The Morgan fingerprint density at radius 3 is 2.35 bits per heavy atom.